The summed E-state index contributed by atoms with van der Waals surface area (Å²) < 4.78 is 13.2. The normalized spacial score (nSPS) is 16.5. The van der Waals surface area contributed by atoms with E-state index in [2.05, 4.69) is 10.1 Å². The molecule has 31 heavy (non-hydrogen) atoms. The van der Waals surface area contributed by atoms with E-state index >= 15 is 0 Å². The standard InChI is InChI=1S/C25H32FN3O2/c26-22-12-10-20(11-13-22)24(30)15-14-23(29-17-6-1-2-7-18-29)25(28-31-19-16-27)21-8-4-3-5-9-21/h3-5,8-13,23H,1-2,6-7,14-19,27H2. The van der Waals surface area contributed by atoms with Gasteiger partial charge in [-0.15, -0.1) is 0 Å². The zero-order valence-corrected chi connectivity index (χ0v) is 18.0. The minimum Gasteiger partial charge on any atom is -0.394 e. The van der Waals surface area contributed by atoms with E-state index in [1.165, 1.54) is 25.0 Å². The number of hydrogen-bond donors (Lipinski definition) is 1. The predicted octanol–water partition coefficient (Wildman–Crippen LogP) is 4.41. The molecular formula is C25H32FN3O2. The predicted molar refractivity (Wildman–Crippen MR) is 122 cm³/mol. The summed E-state index contributed by atoms with van der Waals surface area (Å²) in [6.07, 6.45) is 5.69. The maximum Gasteiger partial charge on any atom is 0.162 e. The van der Waals surface area contributed by atoms with E-state index in [1.807, 2.05) is 30.3 Å². The van der Waals surface area contributed by atoms with Gasteiger partial charge in [0.2, 0.25) is 0 Å². The van der Waals surface area contributed by atoms with Crippen LogP contribution >= 0.6 is 0 Å². The Morgan fingerprint density at radius 1 is 1.00 bits per heavy atom. The zero-order chi connectivity index (χ0) is 21.9. The molecule has 1 atom stereocenters. The van der Waals surface area contributed by atoms with Crippen molar-refractivity contribution in [1.29, 1.82) is 0 Å². The minimum absolute atomic E-state index is 0.00936. The molecule has 0 aliphatic carbocycles. The number of ketones is 1. The molecule has 0 spiro atoms. The molecule has 6 heteroatoms. The van der Waals surface area contributed by atoms with E-state index in [9.17, 15) is 9.18 Å². The first-order valence-electron chi connectivity index (χ1n) is 11.2. The molecule has 1 fully saturated rings. The number of halogens is 1. The van der Waals surface area contributed by atoms with Crippen molar-refractivity contribution >= 4 is 11.5 Å². The SMILES string of the molecule is NCCON=C(c1ccccc1)C(CCC(=O)c1ccc(F)cc1)N1CCCCCC1. The highest BCUT2D eigenvalue weighted by Crippen LogP contribution is 2.21. The van der Waals surface area contributed by atoms with Crippen LogP contribution in [0.2, 0.25) is 0 Å². The van der Waals surface area contributed by atoms with E-state index in [-0.39, 0.29) is 17.6 Å². The number of Topliss-reactive ketones (excluding diaryl/α,β-unsaturated/α-hetero) is 1. The third-order valence-corrected chi connectivity index (χ3v) is 5.65. The first kappa shape index (κ1) is 23.1. The smallest absolute Gasteiger partial charge is 0.162 e. The second-order valence-electron chi connectivity index (χ2n) is 7.90. The largest absolute Gasteiger partial charge is 0.394 e. The lowest BCUT2D eigenvalue weighted by atomic mass is 9.95. The fourth-order valence-corrected chi connectivity index (χ4v) is 4.03. The lowest BCUT2D eigenvalue weighted by Gasteiger charge is -2.31. The van der Waals surface area contributed by atoms with Crippen LogP contribution in [0.25, 0.3) is 0 Å². The second kappa shape index (κ2) is 12.3. The molecular weight excluding hydrogens is 393 g/mol. The van der Waals surface area contributed by atoms with Crippen molar-refractivity contribution in [1.82, 2.24) is 4.90 Å². The number of carbonyl (C=O) groups is 1. The molecule has 2 aromatic rings. The molecule has 3 rings (SSSR count). The zero-order valence-electron chi connectivity index (χ0n) is 18.0. The molecule has 0 radical (unpaired) electrons. The lowest BCUT2D eigenvalue weighted by molar-refractivity contribution is 0.0968. The Bertz CT molecular complexity index is 832. The average Bonchev–Trinajstić information content (AvgIpc) is 3.08. The van der Waals surface area contributed by atoms with Gasteiger partial charge in [0.25, 0.3) is 0 Å². The van der Waals surface area contributed by atoms with Gasteiger partial charge in [0.05, 0.1) is 6.04 Å². The summed E-state index contributed by atoms with van der Waals surface area (Å²) in [6.45, 7) is 2.68. The van der Waals surface area contributed by atoms with Crippen LogP contribution in [0.4, 0.5) is 4.39 Å². The van der Waals surface area contributed by atoms with Crippen molar-refractivity contribution < 1.29 is 14.0 Å². The Morgan fingerprint density at radius 3 is 2.32 bits per heavy atom. The summed E-state index contributed by atoms with van der Waals surface area (Å²) in [5.74, 6) is -0.329. The van der Waals surface area contributed by atoms with Gasteiger partial charge in [-0.2, -0.15) is 0 Å². The van der Waals surface area contributed by atoms with Gasteiger partial charge in [0.1, 0.15) is 18.1 Å². The summed E-state index contributed by atoms with van der Waals surface area (Å²) in [4.78, 5) is 20.8. The Morgan fingerprint density at radius 2 is 1.68 bits per heavy atom. The van der Waals surface area contributed by atoms with E-state index in [0.29, 0.717) is 31.6 Å². The number of oxime groups is 1. The van der Waals surface area contributed by atoms with Crippen LogP contribution in [0.3, 0.4) is 0 Å². The number of nitrogens with two attached hydrogens (primary N) is 1. The third-order valence-electron chi connectivity index (χ3n) is 5.65. The van der Waals surface area contributed by atoms with Gasteiger partial charge in [-0.3, -0.25) is 9.69 Å². The van der Waals surface area contributed by atoms with Crippen LogP contribution in [0.1, 0.15) is 54.4 Å². The van der Waals surface area contributed by atoms with Gasteiger partial charge in [-0.05, 0) is 56.6 Å². The van der Waals surface area contributed by atoms with Crippen LogP contribution < -0.4 is 5.73 Å². The molecule has 1 heterocycles. The number of likely N-dealkylation sites (tertiary alicyclic amines) is 1. The van der Waals surface area contributed by atoms with Crippen molar-refractivity contribution in [2.24, 2.45) is 10.9 Å². The molecule has 2 N–H and O–H groups in total. The monoisotopic (exact) mass is 425 g/mol. The topological polar surface area (TPSA) is 67.9 Å². The molecule has 166 valence electrons. The lowest BCUT2D eigenvalue weighted by Crippen LogP contribution is -2.42. The van der Waals surface area contributed by atoms with Crippen molar-refractivity contribution in [2.75, 3.05) is 26.2 Å². The van der Waals surface area contributed by atoms with Gasteiger partial charge in [-0.25, -0.2) is 4.39 Å². The van der Waals surface area contributed by atoms with E-state index in [4.69, 9.17) is 10.6 Å². The summed E-state index contributed by atoms with van der Waals surface area (Å²) in [5, 5.41) is 4.49. The van der Waals surface area contributed by atoms with Crippen LogP contribution in [-0.2, 0) is 4.84 Å². The first-order valence-corrected chi connectivity index (χ1v) is 11.2. The number of carbonyl (C=O) groups excluding carboxylic acids is 1. The number of hydrogen-bond acceptors (Lipinski definition) is 5. The van der Waals surface area contributed by atoms with Crippen molar-refractivity contribution in [3.05, 3.63) is 71.5 Å². The van der Waals surface area contributed by atoms with Crippen molar-refractivity contribution in [3.63, 3.8) is 0 Å². The van der Waals surface area contributed by atoms with Crippen LogP contribution in [-0.4, -0.2) is 48.7 Å². The molecule has 1 unspecified atom stereocenters. The first-order chi connectivity index (χ1) is 15.2. The van der Waals surface area contributed by atoms with Crippen LogP contribution in [0, 0.1) is 5.82 Å². The molecule has 0 aromatic heterocycles. The third kappa shape index (κ3) is 6.97. The summed E-state index contributed by atoms with van der Waals surface area (Å²) in [7, 11) is 0. The van der Waals surface area contributed by atoms with E-state index in [0.717, 1.165) is 37.2 Å². The number of nitrogens with zero attached hydrogens (tertiary/aromatic N) is 2. The summed E-state index contributed by atoms with van der Waals surface area (Å²) in [5.41, 5.74) is 7.95. The summed E-state index contributed by atoms with van der Waals surface area (Å²) >= 11 is 0. The van der Waals surface area contributed by atoms with Gasteiger partial charge in [0, 0.05) is 24.1 Å². The quantitative estimate of drug-likeness (QED) is 0.265. The molecule has 0 saturated carbocycles. The highest BCUT2D eigenvalue weighted by molar-refractivity contribution is 6.04. The van der Waals surface area contributed by atoms with Crippen LogP contribution in [0.5, 0.6) is 0 Å². The van der Waals surface area contributed by atoms with Gasteiger partial charge < -0.3 is 10.6 Å². The number of benzene rings is 2. The van der Waals surface area contributed by atoms with Gasteiger partial charge in [-0.1, -0.05) is 48.3 Å². The van der Waals surface area contributed by atoms with Crippen molar-refractivity contribution in [3.8, 4) is 0 Å². The highest BCUT2D eigenvalue weighted by atomic mass is 19.1. The van der Waals surface area contributed by atoms with Crippen LogP contribution in [0.15, 0.2) is 59.8 Å². The van der Waals surface area contributed by atoms with E-state index < -0.39 is 0 Å². The average molecular weight is 426 g/mol. The minimum atomic E-state index is -0.338. The molecule has 1 aliphatic rings. The molecule has 0 amide bonds. The highest BCUT2D eigenvalue weighted by Gasteiger charge is 2.27. The van der Waals surface area contributed by atoms with E-state index in [1.54, 1.807) is 12.1 Å². The Labute approximate surface area is 184 Å². The molecule has 5 nitrogen and oxygen atoms in total. The van der Waals surface area contributed by atoms with Gasteiger partial charge >= 0.3 is 0 Å². The van der Waals surface area contributed by atoms with Crippen molar-refractivity contribution in [2.45, 2.75) is 44.6 Å². The molecule has 1 saturated heterocycles. The van der Waals surface area contributed by atoms with Gasteiger partial charge in [0.15, 0.2) is 5.78 Å². The fraction of sp³-hybridized carbons (Fsp3) is 0.440. The fourth-order valence-electron chi connectivity index (χ4n) is 4.03. The molecule has 1 aliphatic heterocycles. The molecule has 0 bridgehead atoms. The number of rotatable bonds is 10. The maximum absolute atomic E-state index is 13.2. The summed E-state index contributed by atoms with van der Waals surface area (Å²) in [6, 6.07) is 15.7. The Hall–Kier alpha value is -2.57. The Balaban J connectivity index is 1.84. The second-order valence-corrected chi connectivity index (χ2v) is 7.90. The molecule has 2 aromatic carbocycles. The maximum atomic E-state index is 13.2. The Kier molecular flexibility index (Phi) is 9.18.